The maximum Gasteiger partial charge on any atom is 0.245 e. The number of ether oxygens (including phenoxy) is 1. The highest BCUT2D eigenvalue weighted by Crippen LogP contribution is 2.24. The zero-order chi connectivity index (χ0) is 18.5. The molecular weight excluding hydrogens is 350 g/mol. The second-order valence-corrected chi connectivity index (χ2v) is 7.34. The lowest BCUT2D eigenvalue weighted by atomic mass is 9.96. The Balaban J connectivity index is 1.46. The summed E-state index contributed by atoms with van der Waals surface area (Å²) < 4.78 is 5.16. The summed E-state index contributed by atoms with van der Waals surface area (Å²) in [5.41, 5.74) is 1.16. The number of nitrogens with zero attached hydrogens (tertiary/aromatic N) is 2. The van der Waals surface area contributed by atoms with Gasteiger partial charge < -0.3 is 15.0 Å². The number of carbonyl (C=O) groups excluding carboxylic acids is 2. The molecule has 1 aliphatic heterocycles. The standard InChI is InChI=1S/C19H21N3O3S/c1-3-18(24)22-11-14(12-22)9-17(23)21-19-20-10-16(26-19)8-13-4-6-15(25-2)7-5-13/h3-7,10,14H,1,8-9,11-12H2,2H3,(H,20,21,23). The van der Waals surface area contributed by atoms with Crippen molar-refractivity contribution in [1.29, 1.82) is 0 Å². The van der Waals surface area contributed by atoms with Crippen LogP contribution >= 0.6 is 11.3 Å². The highest BCUT2D eigenvalue weighted by atomic mass is 32.1. The second kappa shape index (κ2) is 8.14. The third-order valence-electron chi connectivity index (χ3n) is 4.25. The van der Waals surface area contributed by atoms with Gasteiger partial charge in [-0.1, -0.05) is 18.7 Å². The van der Waals surface area contributed by atoms with E-state index in [4.69, 9.17) is 4.74 Å². The van der Waals surface area contributed by atoms with Crippen LogP contribution in [-0.2, 0) is 16.0 Å². The fourth-order valence-corrected chi connectivity index (χ4v) is 3.69. The Kier molecular flexibility index (Phi) is 5.68. The van der Waals surface area contributed by atoms with Gasteiger partial charge in [-0.05, 0) is 23.8 Å². The van der Waals surface area contributed by atoms with Crippen LogP contribution in [0.25, 0.3) is 0 Å². The summed E-state index contributed by atoms with van der Waals surface area (Å²) in [6.07, 6.45) is 4.25. The van der Waals surface area contributed by atoms with Gasteiger partial charge in [-0.3, -0.25) is 9.59 Å². The minimum atomic E-state index is -0.0789. The fraction of sp³-hybridized carbons (Fsp3) is 0.316. The molecule has 0 radical (unpaired) electrons. The Labute approximate surface area is 156 Å². The summed E-state index contributed by atoms with van der Waals surface area (Å²) in [5.74, 6) is 0.892. The molecule has 1 aromatic carbocycles. The Morgan fingerprint density at radius 2 is 2.12 bits per heavy atom. The Hall–Kier alpha value is -2.67. The summed E-state index contributed by atoms with van der Waals surface area (Å²) in [6.45, 7) is 4.68. The second-order valence-electron chi connectivity index (χ2n) is 6.22. The number of hydrogen-bond acceptors (Lipinski definition) is 5. The smallest absolute Gasteiger partial charge is 0.245 e. The van der Waals surface area contributed by atoms with Gasteiger partial charge in [0.05, 0.1) is 7.11 Å². The van der Waals surface area contributed by atoms with Crippen molar-refractivity contribution in [3.05, 3.63) is 53.6 Å². The Morgan fingerprint density at radius 1 is 1.38 bits per heavy atom. The van der Waals surface area contributed by atoms with E-state index in [0.29, 0.717) is 24.6 Å². The van der Waals surface area contributed by atoms with E-state index in [1.165, 1.54) is 17.4 Å². The van der Waals surface area contributed by atoms with Crippen LogP contribution < -0.4 is 10.1 Å². The number of benzene rings is 1. The van der Waals surface area contributed by atoms with Gasteiger partial charge >= 0.3 is 0 Å². The van der Waals surface area contributed by atoms with E-state index >= 15 is 0 Å². The number of thiazole rings is 1. The number of nitrogens with one attached hydrogen (secondary N) is 1. The number of hydrogen-bond donors (Lipinski definition) is 1. The van der Waals surface area contributed by atoms with Crippen LogP contribution in [0.2, 0.25) is 0 Å². The van der Waals surface area contributed by atoms with Gasteiger partial charge in [0, 0.05) is 42.9 Å². The Morgan fingerprint density at radius 3 is 2.77 bits per heavy atom. The van der Waals surface area contributed by atoms with Crippen LogP contribution in [0.3, 0.4) is 0 Å². The monoisotopic (exact) mass is 371 g/mol. The summed E-state index contributed by atoms with van der Waals surface area (Å²) in [7, 11) is 1.64. The summed E-state index contributed by atoms with van der Waals surface area (Å²) in [5, 5.41) is 3.46. The maximum atomic E-state index is 12.1. The van der Waals surface area contributed by atoms with E-state index in [9.17, 15) is 9.59 Å². The van der Waals surface area contributed by atoms with Gasteiger partial charge in [0.25, 0.3) is 0 Å². The first-order valence-electron chi connectivity index (χ1n) is 8.36. The lowest BCUT2D eigenvalue weighted by Gasteiger charge is -2.38. The van der Waals surface area contributed by atoms with E-state index in [-0.39, 0.29) is 17.7 Å². The average Bonchev–Trinajstić information content (AvgIpc) is 3.04. The molecule has 7 heteroatoms. The zero-order valence-corrected chi connectivity index (χ0v) is 15.4. The molecule has 6 nitrogen and oxygen atoms in total. The van der Waals surface area contributed by atoms with E-state index in [2.05, 4.69) is 16.9 Å². The summed E-state index contributed by atoms with van der Waals surface area (Å²) >= 11 is 1.48. The van der Waals surface area contributed by atoms with Crippen molar-refractivity contribution in [2.24, 2.45) is 5.92 Å². The lowest BCUT2D eigenvalue weighted by Crippen LogP contribution is -2.50. The quantitative estimate of drug-likeness (QED) is 0.760. The van der Waals surface area contributed by atoms with Crippen LogP contribution in [0.15, 0.2) is 43.1 Å². The third-order valence-corrected chi connectivity index (χ3v) is 5.17. The summed E-state index contributed by atoms with van der Waals surface area (Å²) in [4.78, 5) is 30.6. The molecule has 1 aliphatic rings. The molecule has 1 saturated heterocycles. The minimum absolute atomic E-state index is 0.0638. The van der Waals surface area contributed by atoms with Crippen LogP contribution in [-0.4, -0.2) is 41.9 Å². The topological polar surface area (TPSA) is 71.5 Å². The molecule has 136 valence electrons. The predicted molar refractivity (Wildman–Crippen MR) is 101 cm³/mol. The van der Waals surface area contributed by atoms with E-state index in [1.807, 2.05) is 24.3 Å². The minimum Gasteiger partial charge on any atom is -0.497 e. The first kappa shape index (κ1) is 18.1. The lowest BCUT2D eigenvalue weighted by molar-refractivity contribution is -0.134. The zero-order valence-electron chi connectivity index (χ0n) is 14.6. The molecule has 0 atom stereocenters. The number of methoxy groups -OCH3 is 1. The number of likely N-dealkylation sites (tertiary alicyclic amines) is 1. The maximum absolute atomic E-state index is 12.1. The first-order valence-corrected chi connectivity index (χ1v) is 9.18. The van der Waals surface area contributed by atoms with Gasteiger partial charge in [0.15, 0.2) is 5.13 Å². The molecule has 0 saturated carbocycles. The molecule has 2 heterocycles. The van der Waals surface area contributed by atoms with Crippen LogP contribution in [0.4, 0.5) is 5.13 Å². The molecule has 0 aliphatic carbocycles. The van der Waals surface area contributed by atoms with Gasteiger partial charge in [0.1, 0.15) is 5.75 Å². The molecule has 1 fully saturated rings. The van der Waals surface area contributed by atoms with Crippen molar-refractivity contribution < 1.29 is 14.3 Å². The normalized spacial score (nSPS) is 13.8. The largest absolute Gasteiger partial charge is 0.497 e. The van der Waals surface area contributed by atoms with Gasteiger partial charge in [0.2, 0.25) is 11.8 Å². The van der Waals surface area contributed by atoms with Crippen molar-refractivity contribution in [1.82, 2.24) is 9.88 Å². The number of amides is 2. The van der Waals surface area contributed by atoms with E-state index in [1.54, 1.807) is 18.2 Å². The first-order chi connectivity index (χ1) is 12.6. The fourth-order valence-electron chi connectivity index (χ4n) is 2.83. The molecule has 26 heavy (non-hydrogen) atoms. The van der Waals surface area contributed by atoms with Gasteiger partial charge in [-0.25, -0.2) is 4.98 Å². The highest BCUT2D eigenvalue weighted by molar-refractivity contribution is 7.15. The summed E-state index contributed by atoms with van der Waals surface area (Å²) in [6, 6.07) is 7.89. The average molecular weight is 371 g/mol. The predicted octanol–water partition coefficient (Wildman–Crippen LogP) is 2.72. The van der Waals surface area contributed by atoms with E-state index in [0.717, 1.165) is 22.6 Å². The number of anilines is 1. The molecular formula is C19H21N3O3S. The molecule has 0 bridgehead atoms. The molecule has 2 amide bonds. The van der Waals surface area contributed by atoms with Crippen LogP contribution in [0.1, 0.15) is 16.9 Å². The SMILES string of the molecule is C=CC(=O)N1CC(CC(=O)Nc2ncc(Cc3ccc(OC)cc3)s2)C1. The Bertz CT molecular complexity index is 795. The number of carbonyl (C=O) groups is 2. The van der Waals surface area contributed by atoms with Crippen LogP contribution in [0, 0.1) is 5.92 Å². The molecule has 0 unspecified atom stereocenters. The molecule has 3 rings (SSSR count). The van der Waals surface area contributed by atoms with Crippen LogP contribution in [0.5, 0.6) is 5.75 Å². The molecule has 1 aromatic heterocycles. The highest BCUT2D eigenvalue weighted by Gasteiger charge is 2.30. The molecule has 0 spiro atoms. The van der Waals surface area contributed by atoms with Crippen molar-refractivity contribution >= 4 is 28.3 Å². The number of rotatable bonds is 7. The van der Waals surface area contributed by atoms with Crippen molar-refractivity contribution in [3.8, 4) is 5.75 Å². The molecule has 1 N–H and O–H groups in total. The number of aromatic nitrogens is 1. The van der Waals surface area contributed by atoms with Crippen molar-refractivity contribution in [2.75, 3.05) is 25.5 Å². The van der Waals surface area contributed by atoms with Gasteiger partial charge in [-0.15, -0.1) is 11.3 Å². The third kappa shape index (κ3) is 4.49. The van der Waals surface area contributed by atoms with E-state index < -0.39 is 0 Å². The van der Waals surface area contributed by atoms with Crippen molar-refractivity contribution in [2.45, 2.75) is 12.8 Å². The van der Waals surface area contributed by atoms with Crippen molar-refractivity contribution in [3.63, 3.8) is 0 Å². The molecule has 2 aromatic rings. The van der Waals surface area contributed by atoms with Gasteiger partial charge in [-0.2, -0.15) is 0 Å².